The van der Waals surface area contributed by atoms with E-state index in [0.29, 0.717) is 13.0 Å². The van der Waals surface area contributed by atoms with E-state index in [-0.39, 0.29) is 17.4 Å². The second-order valence-electron chi connectivity index (χ2n) is 4.33. The lowest BCUT2D eigenvalue weighted by Crippen LogP contribution is -2.43. The lowest BCUT2D eigenvalue weighted by atomic mass is 9.66. The summed E-state index contributed by atoms with van der Waals surface area (Å²) in [7, 11) is 0. The number of amides is 1. The van der Waals surface area contributed by atoms with Crippen molar-refractivity contribution in [2.75, 3.05) is 6.54 Å². The van der Waals surface area contributed by atoms with Gasteiger partial charge in [-0.25, -0.2) is 0 Å². The Morgan fingerprint density at radius 1 is 1.71 bits per heavy atom. The summed E-state index contributed by atoms with van der Waals surface area (Å²) in [5.41, 5.74) is 5.78. The number of hydrogen-bond acceptors (Lipinski definition) is 2. The molecule has 3 heteroatoms. The number of rotatable bonds is 5. The van der Waals surface area contributed by atoms with Crippen molar-refractivity contribution in [2.24, 2.45) is 11.1 Å². The molecule has 14 heavy (non-hydrogen) atoms. The maximum atomic E-state index is 11.6. The van der Waals surface area contributed by atoms with Gasteiger partial charge in [-0.05, 0) is 31.7 Å². The van der Waals surface area contributed by atoms with Gasteiger partial charge in [-0.1, -0.05) is 12.5 Å². The van der Waals surface area contributed by atoms with E-state index in [1.54, 1.807) is 6.08 Å². The molecule has 1 rings (SSSR count). The third kappa shape index (κ3) is 2.58. The van der Waals surface area contributed by atoms with Crippen molar-refractivity contribution in [3.05, 3.63) is 12.7 Å². The molecule has 1 atom stereocenters. The molecule has 0 radical (unpaired) electrons. The normalized spacial score (nSPS) is 20.7. The van der Waals surface area contributed by atoms with Crippen LogP contribution < -0.4 is 11.1 Å². The average molecular weight is 196 g/mol. The van der Waals surface area contributed by atoms with Gasteiger partial charge in [0.2, 0.25) is 5.91 Å². The molecule has 3 N–H and O–H groups in total. The fourth-order valence-corrected chi connectivity index (χ4v) is 1.83. The first-order chi connectivity index (χ1) is 6.62. The molecule has 0 aromatic rings. The quantitative estimate of drug-likeness (QED) is 0.649. The largest absolute Gasteiger partial charge is 0.350 e. The molecule has 0 bridgehead atoms. The van der Waals surface area contributed by atoms with E-state index in [1.807, 2.05) is 6.92 Å². The van der Waals surface area contributed by atoms with Gasteiger partial charge in [0.25, 0.3) is 0 Å². The van der Waals surface area contributed by atoms with E-state index in [0.717, 1.165) is 12.8 Å². The summed E-state index contributed by atoms with van der Waals surface area (Å²) >= 11 is 0. The molecule has 0 heterocycles. The Hall–Kier alpha value is -0.830. The Kier molecular flexibility index (Phi) is 3.69. The Labute approximate surface area is 85.7 Å². The monoisotopic (exact) mass is 196 g/mol. The summed E-state index contributed by atoms with van der Waals surface area (Å²) in [6.07, 6.45) is 5.70. The average Bonchev–Trinajstić information content (AvgIpc) is 2.11. The zero-order chi connectivity index (χ0) is 10.6. The predicted octanol–water partition coefficient (Wildman–Crippen LogP) is 1.20. The minimum absolute atomic E-state index is 0.0531. The number of nitrogens with two attached hydrogens (primary N) is 1. The zero-order valence-electron chi connectivity index (χ0n) is 8.88. The van der Waals surface area contributed by atoms with E-state index in [2.05, 4.69) is 11.9 Å². The fraction of sp³-hybridized carbons (Fsp3) is 0.727. The molecular formula is C11H20N2O. The fourth-order valence-electron chi connectivity index (χ4n) is 1.83. The molecule has 0 saturated heterocycles. The van der Waals surface area contributed by atoms with Crippen LogP contribution in [0.2, 0.25) is 0 Å². The van der Waals surface area contributed by atoms with Gasteiger partial charge >= 0.3 is 0 Å². The van der Waals surface area contributed by atoms with Crippen molar-refractivity contribution >= 4 is 5.91 Å². The molecule has 1 unspecified atom stereocenters. The van der Waals surface area contributed by atoms with Crippen LogP contribution in [0.3, 0.4) is 0 Å². The first kappa shape index (κ1) is 11.2. The lowest BCUT2D eigenvalue weighted by molar-refractivity contribution is -0.125. The van der Waals surface area contributed by atoms with Crippen molar-refractivity contribution in [1.82, 2.24) is 5.32 Å². The Bertz CT molecular complexity index is 216. The summed E-state index contributed by atoms with van der Waals surface area (Å²) in [6, 6.07) is 0.0531. The molecular weight excluding hydrogens is 176 g/mol. The standard InChI is InChI=1S/C11H20N2O/c1-3-9(2)13-10(14)7-11(8-12)5-4-6-11/h3,9H,1,4-8,12H2,2H3,(H,13,14). The molecule has 1 saturated carbocycles. The molecule has 1 aliphatic rings. The molecule has 3 nitrogen and oxygen atoms in total. The summed E-state index contributed by atoms with van der Waals surface area (Å²) < 4.78 is 0. The van der Waals surface area contributed by atoms with Crippen LogP contribution >= 0.6 is 0 Å². The molecule has 0 aromatic heterocycles. The highest BCUT2D eigenvalue weighted by Gasteiger charge is 2.37. The van der Waals surface area contributed by atoms with Gasteiger partial charge in [0.15, 0.2) is 0 Å². The van der Waals surface area contributed by atoms with Gasteiger partial charge in [0.05, 0.1) is 0 Å². The maximum absolute atomic E-state index is 11.6. The highest BCUT2D eigenvalue weighted by molar-refractivity contribution is 5.77. The lowest BCUT2D eigenvalue weighted by Gasteiger charge is -2.40. The number of carbonyl (C=O) groups excluding carboxylic acids is 1. The highest BCUT2D eigenvalue weighted by atomic mass is 16.1. The second kappa shape index (κ2) is 4.60. The summed E-state index contributed by atoms with van der Waals surface area (Å²) in [6.45, 7) is 6.17. The zero-order valence-corrected chi connectivity index (χ0v) is 8.88. The first-order valence-electron chi connectivity index (χ1n) is 5.24. The number of nitrogens with one attached hydrogen (secondary N) is 1. The number of carbonyl (C=O) groups is 1. The van der Waals surface area contributed by atoms with Gasteiger partial charge in [0.1, 0.15) is 0 Å². The topological polar surface area (TPSA) is 55.1 Å². The van der Waals surface area contributed by atoms with Gasteiger partial charge < -0.3 is 11.1 Å². The summed E-state index contributed by atoms with van der Waals surface area (Å²) in [5.74, 6) is 0.0996. The van der Waals surface area contributed by atoms with Crippen LogP contribution in [0.15, 0.2) is 12.7 Å². The van der Waals surface area contributed by atoms with E-state index in [9.17, 15) is 4.79 Å². The van der Waals surface area contributed by atoms with Gasteiger partial charge in [-0.15, -0.1) is 6.58 Å². The van der Waals surface area contributed by atoms with Crippen molar-refractivity contribution in [3.8, 4) is 0 Å². The molecule has 1 amide bonds. The smallest absolute Gasteiger partial charge is 0.221 e. The van der Waals surface area contributed by atoms with Crippen LogP contribution in [-0.2, 0) is 4.79 Å². The third-order valence-corrected chi connectivity index (χ3v) is 3.12. The first-order valence-corrected chi connectivity index (χ1v) is 5.24. The van der Waals surface area contributed by atoms with E-state index < -0.39 is 0 Å². The summed E-state index contributed by atoms with van der Waals surface area (Å²) in [4.78, 5) is 11.6. The van der Waals surface area contributed by atoms with Crippen molar-refractivity contribution in [1.29, 1.82) is 0 Å². The number of hydrogen-bond donors (Lipinski definition) is 2. The van der Waals surface area contributed by atoms with Crippen LogP contribution in [0.1, 0.15) is 32.6 Å². The molecule has 0 aromatic carbocycles. The van der Waals surface area contributed by atoms with Crippen LogP contribution in [0, 0.1) is 5.41 Å². The second-order valence-corrected chi connectivity index (χ2v) is 4.33. The van der Waals surface area contributed by atoms with Crippen LogP contribution in [0.25, 0.3) is 0 Å². The van der Waals surface area contributed by atoms with Crippen molar-refractivity contribution < 1.29 is 4.79 Å². The molecule has 1 aliphatic carbocycles. The summed E-state index contributed by atoms with van der Waals surface area (Å²) in [5, 5.41) is 2.88. The van der Waals surface area contributed by atoms with Crippen molar-refractivity contribution in [2.45, 2.75) is 38.6 Å². The van der Waals surface area contributed by atoms with E-state index in [1.165, 1.54) is 6.42 Å². The highest BCUT2D eigenvalue weighted by Crippen LogP contribution is 2.42. The molecule has 1 fully saturated rings. The van der Waals surface area contributed by atoms with Crippen LogP contribution in [0.5, 0.6) is 0 Å². The Morgan fingerprint density at radius 2 is 2.36 bits per heavy atom. The van der Waals surface area contributed by atoms with Gasteiger partial charge in [-0.3, -0.25) is 4.79 Å². The van der Waals surface area contributed by atoms with E-state index in [4.69, 9.17) is 5.73 Å². The predicted molar refractivity (Wildman–Crippen MR) is 57.8 cm³/mol. The minimum Gasteiger partial charge on any atom is -0.350 e. The van der Waals surface area contributed by atoms with Crippen molar-refractivity contribution in [3.63, 3.8) is 0 Å². The van der Waals surface area contributed by atoms with Crippen LogP contribution in [-0.4, -0.2) is 18.5 Å². The Morgan fingerprint density at radius 3 is 2.71 bits per heavy atom. The molecule has 80 valence electrons. The van der Waals surface area contributed by atoms with Gasteiger partial charge in [-0.2, -0.15) is 0 Å². The third-order valence-electron chi connectivity index (χ3n) is 3.12. The van der Waals surface area contributed by atoms with Crippen LogP contribution in [0.4, 0.5) is 0 Å². The maximum Gasteiger partial charge on any atom is 0.221 e. The Balaban J connectivity index is 2.35. The van der Waals surface area contributed by atoms with Gasteiger partial charge in [0, 0.05) is 12.5 Å². The molecule has 0 spiro atoms. The molecule has 0 aliphatic heterocycles. The minimum atomic E-state index is 0.0531. The van der Waals surface area contributed by atoms with E-state index >= 15 is 0 Å². The SMILES string of the molecule is C=CC(C)NC(=O)CC1(CN)CCC1.